The van der Waals surface area contributed by atoms with Gasteiger partial charge >= 0.3 is 0 Å². The molecular weight excluding hydrogens is 294 g/mol. The Morgan fingerprint density at radius 1 is 1.14 bits per heavy atom. The first-order valence-electron chi connectivity index (χ1n) is 6.71. The minimum Gasteiger partial charge on any atom is -0.378 e. The number of aryl methyl sites for hydroxylation is 1. The molecule has 2 aromatic rings. The Bertz CT molecular complexity index is 694. The molecule has 2 rings (SSSR count). The third-order valence-electron chi connectivity index (χ3n) is 2.86. The van der Waals surface area contributed by atoms with E-state index >= 15 is 0 Å². The topological polar surface area (TPSA) is 79.0 Å². The van der Waals surface area contributed by atoms with Gasteiger partial charge in [-0.3, -0.25) is 10.2 Å². The van der Waals surface area contributed by atoms with Gasteiger partial charge in [-0.2, -0.15) is 0 Å². The van der Waals surface area contributed by atoms with E-state index < -0.39 is 0 Å². The van der Waals surface area contributed by atoms with Gasteiger partial charge < -0.3 is 11.1 Å². The molecule has 5 heteroatoms. The van der Waals surface area contributed by atoms with Gasteiger partial charge in [-0.05, 0) is 24.6 Å². The van der Waals surface area contributed by atoms with Gasteiger partial charge in [0.2, 0.25) is 5.91 Å². The predicted octanol–water partition coefficient (Wildman–Crippen LogP) is 3.60. The Morgan fingerprint density at radius 2 is 1.77 bits per heavy atom. The molecule has 2 aromatic carbocycles. The van der Waals surface area contributed by atoms with E-state index in [1.807, 2.05) is 61.5 Å². The van der Waals surface area contributed by atoms with E-state index in [2.05, 4.69) is 5.32 Å². The van der Waals surface area contributed by atoms with Crippen LogP contribution in [-0.4, -0.2) is 11.1 Å². The van der Waals surface area contributed by atoms with Crippen LogP contribution in [0.15, 0.2) is 60.7 Å². The molecule has 4 nitrogen and oxygen atoms in total. The summed E-state index contributed by atoms with van der Waals surface area (Å²) in [5.41, 5.74) is 8.16. The van der Waals surface area contributed by atoms with E-state index in [9.17, 15) is 4.79 Å². The zero-order chi connectivity index (χ0) is 15.9. The number of hydrogen-bond donors (Lipinski definition) is 3. The highest BCUT2D eigenvalue weighted by Gasteiger charge is 2.07. The van der Waals surface area contributed by atoms with Crippen molar-refractivity contribution in [2.45, 2.75) is 6.92 Å². The predicted molar refractivity (Wildman–Crippen MR) is 93.7 cm³/mol. The quantitative estimate of drug-likeness (QED) is 0.458. The average molecular weight is 311 g/mol. The number of rotatable bonds is 4. The summed E-state index contributed by atoms with van der Waals surface area (Å²) in [7, 11) is 0. The van der Waals surface area contributed by atoms with Crippen molar-refractivity contribution < 1.29 is 4.79 Å². The van der Waals surface area contributed by atoms with Crippen LogP contribution in [0.25, 0.3) is 4.91 Å². The van der Waals surface area contributed by atoms with Crippen molar-refractivity contribution in [3.05, 3.63) is 71.8 Å². The van der Waals surface area contributed by atoms with E-state index in [1.54, 1.807) is 0 Å². The lowest BCUT2D eigenvalue weighted by Crippen LogP contribution is -2.10. The number of amidine groups is 1. The zero-order valence-corrected chi connectivity index (χ0v) is 13.0. The molecule has 0 aliphatic carbocycles. The molecule has 0 unspecified atom stereocenters. The number of nitrogens with one attached hydrogen (secondary N) is 2. The van der Waals surface area contributed by atoms with Crippen LogP contribution >= 0.6 is 11.8 Å². The smallest absolute Gasteiger partial charge is 0.249 e. The molecule has 1 amide bonds. The van der Waals surface area contributed by atoms with Crippen LogP contribution in [0.3, 0.4) is 0 Å². The summed E-state index contributed by atoms with van der Waals surface area (Å²) in [4.78, 5) is 12.8. The van der Waals surface area contributed by atoms with Gasteiger partial charge in [-0.15, -0.1) is 0 Å². The standard InChI is InChI=1S/C17H17N3OS/c1-12-7-9-14(10-8-12)20-16(21)11-15(22-17(18)19)13-5-3-2-4-6-13/h2-11H,1H3,(H3,18,19)(H,20,21). The molecule has 0 bridgehead atoms. The Kier molecular flexibility index (Phi) is 5.38. The molecule has 0 atom stereocenters. The molecule has 0 saturated heterocycles. The number of carbonyl (C=O) groups is 1. The Balaban J connectivity index is 2.19. The van der Waals surface area contributed by atoms with Gasteiger partial charge in [0, 0.05) is 16.7 Å². The maximum absolute atomic E-state index is 12.2. The van der Waals surface area contributed by atoms with Gasteiger partial charge in [0.05, 0.1) is 0 Å². The molecule has 0 aromatic heterocycles. The third-order valence-corrected chi connectivity index (χ3v) is 3.65. The number of carbonyl (C=O) groups excluding carboxylic acids is 1. The number of nitrogens with two attached hydrogens (primary N) is 1. The molecule has 0 saturated carbocycles. The minimum absolute atomic E-state index is 0.0572. The third kappa shape index (κ3) is 4.79. The maximum atomic E-state index is 12.2. The molecule has 4 N–H and O–H groups in total. The second kappa shape index (κ2) is 7.47. The van der Waals surface area contributed by atoms with E-state index in [0.717, 1.165) is 28.6 Å². The molecule has 0 aliphatic heterocycles. The van der Waals surface area contributed by atoms with Crippen molar-refractivity contribution in [2.24, 2.45) is 5.73 Å². The van der Waals surface area contributed by atoms with Crippen LogP contribution in [0.1, 0.15) is 11.1 Å². The maximum Gasteiger partial charge on any atom is 0.249 e. The van der Waals surface area contributed by atoms with Gasteiger partial charge in [0.15, 0.2) is 5.17 Å². The highest BCUT2D eigenvalue weighted by atomic mass is 32.2. The van der Waals surface area contributed by atoms with Crippen molar-refractivity contribution in [2.75, 3.05) is 5.32 Å². The van der Waals surface area contributed by atoms with Crippen LogP contribution in [0.4, 0.5) is 5.69 Å². The van der Waals surface area contributed by atoms with Crippen molar-refractivity contribution in [3.63, 3.8) is 0 Å². The second-order valence-electron chi connectivity index (χ2n) is 4.70. The van der Waals surface area contributed by atoms with E-state index in [-0.39, 0.29) is 11.1 Å². The highest BCUT2D eigenvalue weighted by molar-refractivity contribution is 8.21. The monoisotopic (exact) mass is 311 g/mol. The number of anilines is 1. The van der Waals surface area contributed by atoms with E-state index in [0.29, 0.717) is 4.91 Å². The lowest BCUT2D eigenvalue weighted by Gasteiger charge is -2.07. The lowest BCUT2D eigenvalue weighted by atomic mass is 10.2. The number of hydrogen-bond acceptors (Lipinski definition) is 3. The molecule has 0 heterocycles. The SMILES string of the molecule is Cc1ccc(NC(=O)C=C(SC(=N)N)c2ccccc2)cc1. The molecule has 0 radical (unpaired) electrons. The fourth-order valence-corrected chi connectivity index (χ4v) is 2.48. The Morgan fingerprint density at radius 3 is 2.36 bits per heavy atom. The van der Waals surface area contributed by atoms with Gasteiger partial charge in [-0.25, -0.2) is 0 Å². The van der Waals surface area contributed by atoms with Crippen LogP contribution in [0.5, 0.6) is 0 Å². The molecule has 112 valence electrons. The van der Waals surface area contributed by atoms with Crippen LogP contribution in [0.2, 0.25) is 0 Å². The summed E-state index contributed by atoms with van der Waals surface area (Å²) in [6.45, 7) is 1.99. The number of thioether (sulfide) groups is 1. The van der Waals surface area contributed by atoms with Crippen molar-refractivity contribution in [1.29, 1.82) is 5.41 Å². The zero-order valence-electron chi connectivity index (χ0n) is 12.2. The van der Waals surface area contributed by atoms with Crippen molar-refractivity contribution >= 4 is 33.4 Å². The first-order chi connectivity index (χ1) is 10.5. The summed E-state index contributed by atoms with van der Waals surface area (Å²) < 4.78 is 0. The lowest BCUT2D eigenvalue weighted by molar-refractivity contribution is -0.111. The first-order valence-corrected chi connectivity index (χ1v) is 7.53. The first kappa shape index (κ1) is 15.9. The summed E-state index contributed by atoms with van der Waals surface area (Å²) in [6.07, 6.45) is 1.46. The van der Waals surface area contributed by atoms with Crippen LogP contribution in [-0.2, 0) is 4.79 Å². The molecule has 0 fully saturated rings. The summed E-state index contributed by atoms with van der Waals surface area (Å²) in [5, 5.41) is 10.2. The average Bonchev–Trinajstić information content (AvgIpc) is 2.49. The second-order valence-corrected chi connectivity index (χ2v) is 5.78. The minimum atomic E-state index is -0.253. The number of benzene rings is 2. The van der Waals surface area contributed by atoms with Gasteiger partial charge in [0.1, 0.15) is 0 Å². The molecule has 22 heavy (non-hydrogen) atoms. The van der Waals surface area contributed by atoms with E-state index in [4.69, 9.17) is 11.1 Å². The van der Waals surface area contributed by atoms with E-state index in [1.165, 1.54) is 6.08 Å². The number of amides is 1. The van der Waals surface area contributed by atoms with Crippen molar-refractivity contribution in [3.8, 4) is 0 Å². The Hall–Kier alpha value is -2.53. The molecule has 0 aliphatic rings. The summed E-state index contributed by atoms with van der Waals surface area (Å²) >= 11 is 1.06. The normalized spacial score (nSPS) is 11.0. The van der Waals surface area contributed by atoms with Gasteiger partial charge in [-0.1, -0.05) is 59.8 Å². The van der Waals surface area contributed by atoms with Crippen LogP contribution in [0, 0.1) is 12.3 Å². The fraction of sp³-hybridized carbons (Fsp3) is 0.0588. The highest BCUT2D eigenvalue weighted by Crippen LogP contribution is 2.27. The Labute approximate surface area is 133 Å². The summed E-state index contributed by atoms with van der Waals surface area (Å²) in [5.74, 6) is -0.253. The molecular formula is C17H17N3OS. The largest absolute Gasteiger partial charge is 0.378 e. The fourth-order valence-electron chi connectivity index (χ4n) is 1.83. The van der Waals surface area contributed by atoms with Crippen LogP contribution < -0.4 is 11.1 Å². The van der Waals surface area contributed by atoms with Crippen molar-refractivity contribution in [1.82, 2.24) is 0 Å². The summed E-state index contributed by atoms with van der Waals surface area (Å²) in [6, 6.07) is 17.0. The molecule has 0 spiro atoms. The van der Waals surface area contributed by atoms with Gasteiger partial charge in [0.25, 0.3) is 0 Å².